The summed E-state index contributed by atoms with van der Waals surface area (Å²) >= 11 is 0. The van der Waals surface area contributed by atoms with Gasteiger partial charge in [0.1, 0.15) is 49.3 Å². The highest BCUT2D eigenvalue weighted by Crippen LogP contribution is 2.40. The summed E-state index contributed by atoms with van der Waals surface area (Å²) in [6.07, 6.45) is -4.42. The molecule has 2 saturated heterocycles. The first-order valence-electron chi connectivity index (χ1n) is 10.1. The highest BCUT2D eigenvalue weighted by atomic mass is 16.8. The molecule has 2 rings (SSSR count). The molecule has 9 atom stereocenters. The van der Waals surface area contributed by atoms with Crippen molar-refractivity contribution in [2.24, 2.45) is 0 Å². The van der Waals surface area contributed by atoms with Crippen molar-refractivity contribution >= 4 is 0 Å². The lowest BCUT2D eigenvalue weighted by atomic mass is 9.98. The molecular formula is C20H38O11. The fraction of sp³-hybridized carbons (Fsp3) is 1.00. The van der Waals surface area contributed by atoms with E-state index in [4.69, 9.17) is 52.1 Å². The van der Waals surface area contributed by atoms with Crippen LogP contribution in [0.25, 0.3) is 0 Å². The van der Waals surface area contributed by atoms with Crippen molar-refractivity contribution in [2.75, 3.05) is 76.7 Å². The van der Waals surface area contributed by atoms with Crippen LogP contribution in [-0.4, -0.2) is 132 Å². The van der Waals surface area contributed by atoms with Crippen molar-refractivity contribution in [3.05, 3.63) is 0 Å². The number of hydrogen-bond acceptors (Lipinski definition) is 11. The zero-order chi connectivity index (χ0) is 23.0. The Labute approximate surface area is 184 Å². The van der Waals surface area contributed by atoms with Crippen molar-refractivity contribution in [2.45, 2.75) is 54.8 Å². The third-order valence-corrected chi connectivity index (χ3v) is 5.71. The summed E-state index contributed by atoms with van der Waals surface area (Å²) in [4.78, 5) is 0. The maximum atomic E-state index is 6.45. The predicted molar refractivity (Wildman–Crippen MR) is 107 cm³/mol. The van der Waals surface area contributed by atoms with Gasteiger partial charge in [0, 0.05) is 56.9 Å². The number of rotatable bonds is 13. The summed E-state index contributed by atoms with van der Waals surface area (Å²) in [5.41, 5.74) is 0. The molecule has 184 valence electrons. The zero-order valence-electron chi connectivity index (χ0n) is 19.7. The van der Waals surface area contributed by atoms with E-state index in [1.165, 1.54) is 0 Å². The van der Waals surface area contributed by atoms with Gasteiger partial charge in [0.15, 0.2) is 6.29 Å². The monoisotopic (exact) mass is 454 g/mol. The standard InChI is InChI=1S/C20H38O11/c1-21-9-12-14(24-4)16(26-6)17(27-7)19(29-12)31-20(11-23-3)18(28-8)15(25-5)13(30-20)10-22-2/h12-19H,9-11H2,1-8H3/t12?,13-,14-,15?,16+,17?,18-,19-,20+/m1/s1. The molecule has 0 aromatic heterocycles. The van der Waals surface area contributed by atoms with E-state index in [9.17, 15) is 0 Å². The van der Waals surface area contributed by atoms with Gasteiger partial charge < -0.3 is 52.1 Å². The zero-order valence-corrected chi connectivity index (χ0v) is 19.7. The van der Waals surface area contributed by atoms with E-state index in [2.05, 4.69) is 0 Å². The lowest BCUT2D eigenvalue weighted by Crippen LogP contribution is -2.64. The Kier molecular flexibility index (Phi) is 11.0. The molecule has 3 unspecified atom stereocenters. The average molecular weight is 455 g/mol. The molecule has 2 fully saturated rings. The highest BCUT2D eigenvalue weighted by Gasteiger charge is 2.60. The van der Waals surface area contributed by atoms with Crippen LogP contribution >= 0.6 is 0 Å². The van der Waals surface area contributed by atoms with Gasteiger partial charge in [0.2, 0.25) is 5.79 Å². The first-order valence-corrected chi connectivity index (χ1v) is 10.1. The first-order chi connectivity index (χ1) is 15.0. The number of ether oxygens (including phenoxy) is 11. The summed E-state index contributed by atoms with van der Waals surface area (Å²) in [7, 11) is 12.6. The van der Waals surface area contributed by atoms with E-state index in [0.29, 0.717) is 0 Å². The Morgan fingerprint density at radius 3 is 1.68 bits per heavy atom. The lowest BCUT2D eigenvalue weighted by molar-refractivity contribution is -0.390. The van der Waals surface area contributed by atoms with Crippen molar-refractivity contribution in [1.29, 1.82) is 0 Å². The largest absolute Gasteiger partial charge is 0.382 e. The van der Waals surface area contributed by atoms with Gasteiger partial charge in [-0.05, 0) is 0 Å². The SMILES string of the molecule is COCC1O[C@H](O[C@]2(COC)O[C@H](COC)C(OC)[C@H]2OC)C(OC)[C@@H](OC)[C@@H]1OC. The van der Waals surface area contributed by atoms with E-state index >= 15 is 0 Å². The van der Waals surface area contributed by atoms with E-state index in [0.717, 1.165) is 0 Å². The molecule has 11 nitrogen and oxygen atoms in total. The van der Waals surface area contributed by atoms with Crippen molar-refractivity contribution < 1.29 is 52.1 Å². The van der Waals surface area contributed by atoms with Crippen LogP contribution in [-0.2, 0) is 52.1 Å². The lowest BCUT2D eigenvalue weighted by Gasteiger charge is -2.47. The molecule has 0 amide bonds. The van der Waals surface area contributed by atoms with Crippen molar-refractivity contribution in [3.63, 3.8) is 0 Å². The van der Waals surface area contributed by atoms with Gasteiger partial charge in [-0.1, -0.05) is 0 Å². The first kappa shape index (κ1) is 26.8. The van der Waals surface area contributed by atoms with Crippen LogP contribution in [0.3, 0.4) is 0 Å². The number of methoxy groups -OCH3 is 8. The summed E-state index contributed by atoms with van der Waals surface area (Å²) in [6.45, 7) is 0.612. The molecule has 0 radical (unpaired) electrons. The van der Waals surface area contributed by atoms with E-state index in [1.807, 2.05) is 0 Å². The topological polar surface area (TPSA) is 102 Å². The molecular weight excluding hydrogens is 416 g/mol. The van der Waals surface area contributed by atoms with Crippen LogP contribution in [0.15, 0.2) is 0 Å². The van der Waals surface area contributed by atoms with Gasteiger partial charge in [-0.2, -0.15) is 0 Å². The second-order valence-corrected chi connectivity index (χ2v) is 7.43. The Balaban J connectivity index is 2.38. The maximum absolute atomic E-state index is 6.45. The average Bonchev–Trinajstić information content (AvgIpc) is 3.05. The maximum Gasteiger partial charge on any atom is 0.224 e. The van der Waals surface area contributed by atoms with Crippen LogP contribution in [0.2, 0.25) is 0 Å². The fourth-order valence-corrected chi connectivity index (χ4v) is 4.43. The minimum Gasteiger partial charge on any atom is -0.382 e. The Bertz CT molecular complexity index is 510. The normalized spacial score (nSPS) is 41.0. The fourth-order valence-electron chi connectivity index (χ4n) is 4.43. The van der Waals surface area contributed by atoms with Crippen LogP contribution < -0.4 is 0 Å². The minimum absolute atomic E-state index is 0.0577. The molecule has 0 spiro atoms. The van der Waals surface area contributed by atoms with E-state index in [1.54, 1.807) is 56.9 Å². The van der Waals surface area contributed by atoms with E-state index < -0.39 is 54.8 Å². The second kappa shape index (κ2) is 12.7. The summed E-state index contributed by atoms with van der Waals surface area (Å²) in [5.74, 6) is -1.34. The smallest absolute Gasteiger partial charge is 0.224 e. The van der Waals surface area contributed by atoms with Gasteiger partial charge in [-0.3, -0.25) is 0 Å². The van der Waals surface area contributed by atoms with Gasteiger partial charge in [-0.25, -0.2) is 0 Å². The van der Waals surface area contributed by atoms with Crippen molar-refractivity contribution in [3.8, 4) is 0 Å². The summed E-state index contributed by atoms with van der Waals surface area (Å²) in [6, 6.07) is 0. The van der Waals surface area contributed by atoms with Gasteiger partial charge in [0.25, 0.3) is 0 Å². The Morgan fingerprint density at radius 1 is 0.613 bits per heavy atom. The molecule has 0 saturated carbocycles. The highest BCUT2D eigenvalue weighted by molar-refractivity contribution is 5.01. The molecule has 0 bridgehead atoms. The predicted octanol–water partition coefficient (Wildman–Crippen LogP) is -0.163. The van der Waals surface area contributed by atoms with Crippen LogP contribution in [0.5, 0.6) is 0 Å². The molecule has 0 N–H and O–H groups in total. The van der Waals surface area contributed by atoms with Crippen molar-refractivity contribution in [1.82, 2.24) is 0 Å². The summed E-state index contributed by atoms with van der Waals surface area (Å²) < 4.78 is 63.5. The van der Waals surface area contributed by atoms with Crippen LogP contribution in [0.4, 0.5) is 0 Å². The Morgan fingerprint density at radius 2 is 1.19 bits per heavy atom. The molecule has 11 heteroatoms. The van der Waals surface area contributed by atoms with Gasteiger partial charge in [-0.15, -0.1) is 0 Å². The molecule has 2 heterocycles. The quantitative estimate of drug-likeness (QED) is 0.371. The van der Waals surface area contributed by atoms with Crippen LogP contribution in [0, 0.1) is 0 Å². The molecule has 0 aromatic rings. The summed E-state index contributed by atoms with van der Waals surface area (Å²) in [5, 5.41) is 0. The molecule has 0 aromatic carbocycles. The molecule has 2 aliphatic rings. The third kappa shape index (κ3) is 5.56. The molecule has 2 aliphatic heterocycles. The van der Waals surface area contributed by atoms with Crippen LogP contribution in [0.1, 0.15) is 0 Å². The molecule has 0 aliphatic carbocycles. The van der Waals surface area contributed by atoms with E-state index in [-0.39, 0.29) is 19.8 Å². The second-order valence-electron chi connectivity index (χ2n) is 7.43. The van der Waals surface area contributed by atoms with Gasteiger partial charge in [0.05, 0.1) is 13.2 Å². The van der Waals surface area contributed by atoms with Gasteiger partial charge >= 0.3 is 0 Å². The third-order valence-electron chi connectivity index (χ3n) is 5.71. The Hall–Kier alpha value is -0.440. The number of hydrogen-bond donors (Lipinski definition) is 0. The molecule has 31 heavy (non-hydrogen) atoms. The minimum atomic E-state index is -1.34.